The molecular weight excluding hydrogens is 337 g/mol. The first kappa shape index (κ1) is 16.3. The molecule has 24 heavy (non-hydrogen) atoms. The lowest BCUT2D eigenvalue weighted by molar-refractivity contribution is 0.111. The topological polar surface area (TPSA) is 86.7 Å². The zero-order chi connectivity index (χ0) is 17.3. The number of hydrogen-bond acceptors (Lipinski definition) is 6. The smallest absolute Gasteiger partial charge is 0.219 e. The molecule has 0 aliphatic heterocycles. The first-order chi connectivity index (χ1) is 11.4. The Labute approximate surface area is 141 Å². The summed E-state index contributed by atoms with van der Waals surface area (Å²) in [5.74, 6) is 0.403. The number of benzene rings is 1. The van der Waals surface area contributed by atoms with Crippen LogP contribution in [0.1, 0.15) is 36.1 Å². The highest BCUT2D eigenvalue weighted by Gasteiger charge is 2.25. The summed E-state index contributed by atoms with van der Waals surface area (Å²) in [6.07, 6.45) is 0.580. The Morgan fingerprint density at radius 2 is 2.12 bits per heavy atom. The maximum absolute atomic E-state index is 13.8. The Balaban J connectivity index is 1.92. The van der Waals surface area contributed by atoms with Crippen LogP contribution in [-0.4, -0.2) is 31.5 Å². The molecule has 0 atom stereocenters. The van der Waals surface area contributed by atoms with Crippen molar-refractivity contribution in [3.05, 3.63) is 46.7 Å². The van der Waals surface area contributed by atoms with Crippen LogP contribution in [0, 0.1) is 0 Å². The van der Waals surface area contributed by atoms with Gasteiger partial charge in [0.25, 0.3) is 0 Å². The van der Waals surface area contributed by atoms with Gasteiger partial charge in [-0.2, -0.15) is 4.80 Å². The number of carbonyl (C=O) groups excluding carboxylic acids is 1. The summed E-state index contributed by atoms with van der Waals surface area (Å²) in [6.45, 7) is 2.67. The Hall–Kier alpha value is -2.61. The predicted octanol–water partition coefficient (Wildman–Crippen LogP) is 3.05. The largest absolute Gasteiger partial charge is 0.438 e. The van der Waals surface area contributed by atoms with E-state index in [9.17, 15) is 9.18 Å². The summed E-state index contributed by atoms with van der Waals surface area (Å²) in [7, 11) is 0. The molecule has 0 N–H and O–H groups in total. The van der Waals surface area contributed by atoms with Crippen molar-refractivity contribution in [3.8, 4) is 11.3 Å². The SMILES string of the molecule is CC(C)(F)c1nnn(Cc2nc(C=O)c(-c3ccccc3Cl)o2)n1. The number of halogens is 2. The summed E-state index contributed by atoms with van der Waals surface area (Å²) < 4.78 is 19.4. The molecule has 3 rings (SSSR count). The van der Waals surface area contributed by atoms with E-state index in [4.69, 9.17) is 16.0 Å². The van der Waals surface area contributed by atoms with Crippen molar-refractivity contribution in [2.45, 2.75) is 26.1 Å². The van der Waals surface area contributed by atoms with Crippen molar-refractivity contribution in [1.82, 2.24) is 25.2 Å². The molecule has 0 aliphatic rings. The molecule has 2 heterocycles. The van der Waals surface area contributed by atoms with Gasteiger partial charge in [-0.15, -0.1) is 10.2 Å². The minimum atomic E-state index is -1.70. The number of tetrazole rings is 1. The minimum absolute atomic E-state index is 0.00831. The molecule has 9 heteroatoms. The molecule has 0 aliphatic carbocycles. The minimum Gasteiger partial charge on any atom is -0.438 e. The van der Waals surface area contributed by atoms with Crippen molar-refractivity contribution in [3.63, 3.8) is 0 Å². The molecule has 2 aromatic heterocycles. The van der Waals surface area contributed by atoms with Gasteiger partial charge in [-0.1, -0.05) is 23.7 Å². The summed E-state index contributed by atoms with van der Waals surface area (Å²) in [4.78, 5) is 16.5. The van der Waals surface area contributed by atoms with Crippen LogP contribution in [0.4, 0.5) is 4.39 Å². The highest BCUT2D eigenvalue weighted by atomic mass is 35.5. The maximum Gasteiger partial charge on any atom is 0.219 e. The fourth-order valence-electron chi connectivity index (χ4n) is 2.03. The molecule has 0 amide bonds. The van der Waals surface area contributed by atoms with Gasteiger partial charge in [-0.05, 0) is 31.2 Å². The third kappa shape index (κ3) is 3.18. The second kappa shape index (κ2) is 6.12. The monoisotopic (exact) mass is 349 g/mol. The average Bonchev–Trinajstić information content (AvgIpc) is 3.14. The summed E-state index contributed by atoms with van der Waals surface area (Å²) in [5.41, 5.74) is -1.03. The average molecular weight is 350 g/mol. The summed E-state index contributed by atoms with van der Waals surface area (Å²) in [6, 6.07) is 6.94. The molecule has 0 fully saturated rings. The lowest BCUT2D eigenvalue weighted by Gasteiger charge is -2.06. The molecule has 3 aromatic rings. The number of aldehydes is 1. The fourth-order valence-corrected chi connectivity index (χ4v) is 2.25. The van der Waals surface area contributed by atoms with Crippen LogP contribution in [0.3, 0.4) is 0 Å². The van der Waals surface area contributed by atoms with E-state index in [1.165, 1.54) is 13.8 Å². The highest BCUT2D eigenvalue weighted by Crippen LogP contribution is 2.30. The molecule has 0 saturated heterocycles. The van der Waals surface area contributed by atoms with E-state index in [1.54, 1.807) is 24.3 Å². The van der Waals surface area contributed by atoms with Gasteiger partial charge in [0.15, 0.2) is 17.7 Å². The number of alkyl halides is 1. The summed E-state index contributed by atoms with van der Waals surface area (Å²) >= 11 is 6.13. The zero-order valence-electron chi connectivity index (χ0n) is 12.9. The molecule has 0 saturated carbocycles. The lowest BCUT2D eigenvalue weighted by atomic mass is 10.1. The van der Waals surface area contributed by atoms with E-state index in [-0.39, 0.29) is 29.7 Å². The molecule has 1 aromatic carbocycles. The Kier molecular flexibility index (Phi) is 4.15. The van der Waals surface area contributed by atoms with Gasteiger partial charge in [0.2, 0.25) is 11.7 Å². The molecule has 0 spiro atoms. The van der Waals surface area contributed by atoms with Gasteiger partial charge < -0.3 is 4.42 Å². The molecular formula is C15H13ClFN5O2. The van der Waals surface area contributed by atoms with E-state index in [0.29, 0.717) is 16.9 Å². The molecule has 124 valence electrons. The third-order valence-electron chi connectivity index (χ3n) is 3.19. The normalized spacial score (nSPS) is 11.7. The van der Waals surface area contributed by atoms with Gasteiger partial charge in [-0.3, -0.25) is 4.79 Å². The number of oxazole rings is 1. The van der Waals surface area contributed by atoms with E-state index in [0.717, 1.165) is 4.80 Å². The van der Waals surface area contributed by atoms with E-state index in [1.807, 2.05) is 0 Å². The van der Waals surface area contributed by atoms with Crippen LogP contribution in [-0.2, 0) is 12.2 Å². The van der Waals surface area contributed by atoms with Crippen molar-refractivity contribution in [2.75, 3.05) is 0 Å². The van der Waals surface area contributed by atoms with Gasteiger partial charge in [0.1, 0.15) is 12.2 Å². The number of rotatable bonds is 5. The van der Waals surface area contributed by atoms with Crippen molar-refractivity contribution in [2.24, 2.45) is 0 Å². The van der Waals surface area contributed by atoms with Crippen molar-refractivity contribution >= 4 is 17.9 Å². The van der Waals surface area contributed by atoms with Crippen LogP contribution >= 0.6 is 11.6 Å². The summed E-state index contributed by atoms with van der Waals surface area (Å²) in [5, 5.41) is 11.8. The van der Waals surface area contributed by atoms with E-state index < -0.39 is 5.67 Å². The van der Waals surface area contributed by atoms with Crippen molar-refractivity contribution in [1.29, 1.82) is 0 Å². The quantitative estimate of drug-likeness (QED) is 0.658. The second-order valence-electron chi connectivity index (χ2n) is 5.54. The van der Waals surface area contributed by atoms with Crippen LogP contribution in [0.25, 0.3) is 11.3 Å². The van der Waals surface area contributed by atoms with Crippen LogP contribution in [0.2, 0.25) is 5.02 Å². The lowest BCUT2D eigenvalue weighted by Crippen LogP contribution is -2.12. The molecule has 0 radical (unpaired) electrons. The standard InChI is InChI=1S/C15H13ClFN5O2/c1-15(2,17)14-19-21-22(20-14)7-12-18-11(8-23)13(24-12)9-5-3-4-6-10(9)16/h3-6,8H,7H2,1-2H3. The molecule has 7 nitrogen and oxygen atoms in total. The Morgan fingerprint density at radius 3 is 2.75 bits per heavy atom. The number of aromatic nitrogens is 5. The van der Waals surface area contributed by atoms with E-state index >= 15 is 0 Å². The van der Waals surface area contributed by atoms with E-state index in [2.05, 4.69) is 20.4 Å². The van der Waals surface area contributed by atoms with Gasteiger partial charge in [-0.25, -0.2) is 9.37 Å². The first-order valence-electron chi connectivity index (χ1n) is 7.05. The number of nitrogens with zero attached hydrogens (tertiary/aromatic N) is 5. The zero-order valence-corrected chi connectivity index (χ0v) is 13.7. The number of hydrogen-bond donors (Lipinski definition) is 0. The third-order valence-corrected chi connectivity index (χ3v) is 3.52. The Bertz CT molecular complexity index is 884. The second-order valence-corrected chi connectivity index (χ2v) is 5.94. The van der Waals surface area contributed by atoms with Gasteiger partial charge >= 0.3 is 0 Å². The van der Waals surface area contributed by atoms with Crippen LogP contribution in [0.15, 0.2) is 28.7 Å². The predicted molar refractivity (Wildman–Crippen MR) is 83.4 cm³/mol. The maximum atomic E-state index is 13.8. The van der Waals surface area contributed by atoms with Crippen LogP contribution in [0.5, 0.6) is 0 Å². The Morgan fingerprint density at radius 1 is 1.38 bits per heavy atom. The van der Waals surface area contributed by atoms with Gasteiger partial charge in [0.05, 0.1) is 5.02 Å². The van der Waals surface area contributed by atoms with Crippen molar-refractivity contribution < 1.29 is 13.6 Å². The first-order valence-corrected chi connectivity index (χ1v) is 7.43. The highest BCUT2D eigenvalue weighted by molar-refractivity contribution is 6.33. The van der Waals surface area contributed by atoms with Gasteiger partial charge in [0, 0.05) is 5.56 Å². The molecule has 0 bridgehead atoms. The molecule has 0 unspecified atom stereocenters. The number of carbonyl (C=O) groups is 1. The fraction of sp³-hybridized carbons (Fsp3) is 0.267. The van der Waals surface area contributed by atoms with Crippen LogP contribution < -0.4 is 0 Å².